The molecule has 7 nitrogen and oxygen atoms in total. The van der Waals surface area contributed by atoms with Gasteiger partial charge in [0.15, 0.2) is 12.6 Å². The topological polar surface area (TPSA) is 92.4 Å². The first-order chi connectivity index (χ1) is 14.2. The van der Waals surface area contributed by atoms with E-state index in [4.69, 9.17) is 0 Å². The number of piperidine rings is 1. The van der Waals surface area contributed by atoms with Crippen molar-refractivity contribution in [2.75, 3.05) is 38.6 Å². The lowest BCUT2D eigenvalue weighted by molar-refractivity contribution is 0.111. The first kappa shape index (κ1) is 22.6. The van der Waals surface area contributed by atoms with Gasteiger partial charge in [0.25, 0.3) is 0 Å². The quantitative estimate of drug-likeness (QED) is 0.796. The summed E-state index contributed by atoms with van der Waals surface area (Å²) < 4.78 is 0. The molecule has 1 saturated heterocycles. The van der Waals surface area contributed by atoms with Crippen LogP contribution in [0, 0.1) is 0 Å². The lowest BCUT2D eigenvalue weighted by atomic mass is 10.0. The Bertz CT molecular complexity index is 773. The van der Waals surface area contributed by atoms with Crippen molar-refractivity contribution in [1.82, 2.24) is 14.9 Å². The zero-order chi connectivity index (χ0) is 21.1. The normalized spacial score (nSPS) is 15.8. The number of hydrogen-bond acceptors (Lipinski definition) is 7. The zero-order valence-corrected chi connectivity index (χ0v) is 17.4. The van der Waals surface area contributed by atoms with Gasteiger partial charge in [-0.15, -0.1) is 0 Å². The molecule has 7 heteroatoms. The predicted molar refractivity (Wildman–Crippen MR) is 116 cm³/mol. The number of fused-ring (bicyclic) bond motifs is 1. The van der Waals surface area contributed by atoms with Crippen LogP contribution in [0.2, 0.25) is 0 Å². The van der Waals surface area contributed by atoms with Gasteiger partial charge in [0.05, 0.1) is 11.9 Å². The van der Waals surface area contributed by atoms with E-state index >= 15 is 0 Å². The molecule has 4 heterocycles. The summed E-state index contributed by atoms with van der Waals surface area (Å²) in [5, 5.41) is 0. The second kappa shape index (κ2) is 12.0. The third kappa shape index (κ3) is 6.44. The van der Waals surface area contributed by atoms with Crippen LogP contribution in [-0.2, 0) is 6.42 Å². The average Bonchev–Trinajstić information content (AvgIpc) is 2.80. The number of pyridine rings is 2. The maximum Gasteiger partial charge on any atom is 0.168 e. The molecular formula is C22H31N5O2. The molecule has 0 spiro atoms. The second-order valence-electron chi connectivity index (χ2n) is 7.05. The van der Waals surface area contributed by atoms with Crippen molar-refractivity contribution in [2.45, 2.75) is 32.1 Å². The van der Waals surface area contributed by atoms with Gasteiger partial charge in [-0.2, -0.15) is 0 Å². The Morgan fingerprint density at radius 1 is 0.931 bits per heavy atom. The molecule has 2 aliphatic rings. The van der Waals surface area contributed by atoms with E-state index in [0.29, 0.717) is 11.3 Å². The van der Waals surface area contributed by atoms with Gasteiger partial charge in [0.2, 0.25) is 0 Å². The SMILES string of the molecule is CN.CN1CCCCC1.O=Cc1cnc2c(c1)CCCN2c1ccc(C=O)nc1. The molecule has 2 N–H and O–H groups in total. The summed E-state index contributed by atoms with van der Waals surface area (Å²) in [4.78, 5) is 34.4. The predicted octanol–water partition coefficient (Wildman–Crippen LogP) is 2.86. The number of nitrogens with zero attached hydrogens (tertiary/aromatic N) is 4. The van der Waals surface area contributed by atoms with Crippen molar-refractivity contribution in [3.05, 3.63) is 47.4 Å². The molecule has 2 aromatic heterocycles. The number of hydrogen-bond donors (Lipinski definition) is 1. The highest BCUT2D eigenvalue weighted by molar-refractivity contribution is 5.77. The van der Waals surface area contributed by atoms with Crippen molar-refractivity contribution in [2.24, 2.45) is 5.73 Å². The third-order valence-electron chi connectivity index (χ3n) is 4.97. The van der Waals surface area contributed by atoms with Crippen LogP contribution in [0.4, 0.5) is 11.5 Å². The summed E-state index contributed by atoms with van der Waals surface area (Å²) in [5.74, 6) is 0.863. The Hall–Kier alpha value is -2.64. The maximum absolute atomic E-state index is 10.8. The first-order valence-electron chi connectivity index (χ1n) is 10.1. The molecule has 0 saturated carbocycles. The Labute approximate surface area is 172 Å². The van der Waals surface area contributed by atoms with Gasteiger partial charge in [0, 0.05) is 18.3 Å². The van der Waals surface area contributed by atoms with Crippen LogP contribution in [-0.4, -0.2) is 61.2 Å². The Balaban J connectivity index is 0.000000280. The Morgan fingerprint density at radius 3 is 2.24 bits per heavy atom. The van der Waals surface area contributed by atoms with E-state index in [1.165, 1.54) is 39.4 Å². The van der Waals surface area contributed by atoms with Crippen LogP contribution in [0.15, 0.2) is 30.6 Å². The third-order valence-corrected chi connectivity index (χ3v) is 4.97. The number of carbonyl (C=O) groups is 2. The number of aryl methyl sites for hydroxylation is 1. The molecule has 2 aliphatic heterocycles. The maximum atomic E-state index is 10.8. The van der Waals surface area contributed by atoms with Crippen molar-refractivity contribution < 1.29 is 9.59 Å². The molecule has 0 atom stereocenters. The largest absolute Gasteiger partial charge is 0.333 e. The van der Waals surface area contributed by atoms with Crippen molar-refractivity contribution in [3.8, 4) is 0 Å². The smallest absolute Gasteiger partial charge is 0.168 e. The van der Waals surface area contributed by atoms with Gasteiger partial charge in [-0.25, -0.2) is 4.98 Å². The van der Waals surface area contributed by atoms with Crippen LogP contribution < -0.4 is 10.6 Å². The fraction of sp³-hybridized carbons (Fsp3) is 0.455. The van der Waals surface area contributed by atoms with Crippen molar-refractivity contribution >= 4 is 24.1 Å². The van der Waals surface area contributed by atoms with Crippen molar-refractivity contribution in [3.63, 3.8) is 0 Å². The number of carbonyl (C=O) groups excluding carboxylic acids is 2. The van der Waals surface area contributed by atoms with E-state index in [-0.39, 0.29) is 0 Å². The minimum absolute atomic E-state index is 0.412. The molecule has 4 rings (SSSR count). The summed E-state index contributed by atoms with van der Waals surface area (Å²) >= 11 is 0. The first-order valence-corrected chi connectivity index (χ1v) is 10.1. The van der Waals surface area contributed by atoms with E-state index in [2.05, 4.69) is 32.5 Å². The number of rotatable bonds is 3. The molecule has 0 aromatic carbocycles. The second-order valence-corrected chi connectivity index (χ2v) is 7.05. The molecular weight excluding hydrogens is 366 g/mol. The van der Waals surface area contributed by atoms with Crippen LogP contribution in [0.5, 0.6) is 0 Å². The molecule has 29 heavy (non-hydrogen) atoms. The standard InChI is InChI=1S/C15H13N3O2.C6H13N.CH5N/c19-9-11-6-12-2-1-5-18(15(12)17-7-11)14-4-3-13(10-20)16-8-14;1-7-5-3-2-4-6-7;1-2/h3-4,6-10H,1-2,5H2;2-6H2,1H3;2H2,1H3. The summed E-state index contributed by atoms with van der Waals surface area (Å²) in [5.41, 5.74) is 7.48. The fourth-order valence-electron chi connectivity index (χ4n) is 3.48. The average molecular weight is 398 g/mol. The summed E-state index contributed by atoms with van der Waals surface area (Å²) in [6.45, 7) is 3.49. The molecule has 1 fully saturated rings. The Kier molecular flexibility index (Phi) is 9.40. The minimum Gasteiger partial charge on any atom is -0.333 e. The molecule has 0 unspecified atom stereocenters. The highest BCUT2D eigenvalue weighted by atomic mass is 16.1. The van der Waals surface area contributed by atoms with Crippen LogP contribution in [0.3, 0.4) is 0 Å². The number of aldehydes is 2. The van der Waals surface area contributed by atoms with Gasteiger partial charge in [-0.05, 0) is 76.6 Å². The van der Waals surface area contributed by atoms with E-state index in [1.807, 2.05) is 12.1 Å². The fourth-order valence-corrected chi connectivity index (χ4v) is 3.48. The van der Waals surface area contributed by atoms with Crippen LogP contribution in [0.1, 0.15) is 52.1 Å². The van der Waals surface area contributed by atoms with Crippen molar-refractivity contribution in [1.29, 1.82) is 0 Å². The molecule has 0 amide bonds. The molecule has 0 bridgehead atoms. The van der Waals surface area contributed by atoms with E-state index < -0.39 is 0 Å². The van der Waals surface area contributed by atoms with Gasteiger partial charge < -0.3 is 15.5 Å². The summed E-state index contributed by atoms with van der Waals surface area (Å²) in [6.07, 6.45) is 11.0. The molecule has 156 valence electrons. The monoisotopic (exact) mass is 397 g/mol. The van der Waals surface area contributed by atoms with Gasteiger partial charge in [0.1, 0.15) is 11.5 Å². The number of likely N-dealkylation sites (tertiary alicyclic amines) is 1. The Morgan fingerprint density at radius 2 is 1.69 bits per heavy atom. The highest BCUT2D eigenvalue weighted by Crippen LogP contribution is 2.31. The zero-order valence-electron chi connectivity index (χ0n) is 17.4. The lowest BCUT2D eigenvalue weighted by Gasteiger charge is -2.29. The van der Waals surface area contributed by atoms with Gasteiger partial charge in [-0.3, -0.25) is 14.6 Å². The summed E-state index contributed by atoms with van der Waals surface area (Å²) in [6, 6.07) is 5.44. The number of anilines is 2. The number of aromatic nitrogens is 2. The van der Waals surface area contributed by atoms with Gasteiger partial charge >= 0.3 is 0 Å². The van der Waals surface area contributed by atoms with Crippen LogP contribution in [0.25, 0.3) is 0 Å². The van der Waals surface area contributed by atoms with E-state index in [9.17, 15) is 9.59 Å². The summed E-state index contributed by atoms with van der Waals surface area (Å²) in [7, 11) is 3.69. The highest BCUT2D eigenvalue weighted by Gasteiger charge is 2.20. The van der Waals surface area contributed by atoms with Gasteiger partial charge in [-0.1, -0.05) is 6.42 Å². The minimum atomic E-state index is 0.412. The molecule has 0 radical (unpaired) electrons. The lowest BCUT2D eigenvalue weighted by Crippen LogP contribution is -2.26. The molecule has 0 aliphatic carbocycles. The number of nitrogens with two attached hydrogens (primary N) is 1. The van der Waals surface area contributed by atoms with E-state index in [0.717, 1.165) is 49.0 Å². The van der Waals surface area contributed by atoms with E-state index in [1.54, 1.807) is 18.5 Å². The van der Waals surface area contributed by atoms with Crippen LogP contribution >= 0.6 is 0 Å². The molecule has 2 aromatic rings.